The van der Waals surface area contributed by atoms with Gasteiger partial charge in [-0.3, -0.25) is 4.79 Å². The Hall–Kier alpha value is -2.67. The number of ether oxygens (including phenoxy) is 1. The van der Waals surface area contributed by atoms with E-state index in [1.54, 1.807) is 19.3 Å². The Morgan fingerprint density at radius 3 is 2.85 bits per heavy atom. The first-order chi connectivity index (χ1) is 9.70. The smallest absolute Gasteiger partial charge is 0.250 e. The molecule has 1 N–H and O–H groups in total. The lowest BCUT2D eigenvalue weighted by atomic mass is 10.2. The number of pyridine rings is 1. The summed E-state index contributed by atoms with van der Waals surface area (Å²) in [5.74, 6) is 3.22. The van der Waals surface area contributed by atoms with Crippen molar-refractivity contribution < 1.29 is 4.74 Å². The first-order valence-electron chi connectivity index (χ1n) is 6.25. The molecule has 0 saturated heterocycles. The van der Waals surface area contributed by atoms with Crippen LogP contribution in [-0.4, -0.2) is 11.2 Å². The van der Waals surface area contributed by atoms with Crippen LogP contribution in [0.3, 0.4) is 0 Å². The third kappa shape index (κ3) is 3.42. The van der Waals surface area contributed by atoms with E-state index < -0.39 is 0 Å². The highest BCUT2D eigenvalue weighted by atomic mass is 16.5. The lowest BCUT2D eigenvalue weighted by Crippen LogP contribution is -2.15. The summed E-state index contributed by atoms with van der Waals surface area (Å²) < 4.78 is 7.02. The van der Waals surface area contributed by atoms with Crippen LogP contribution in [0, 0.1) is 12.3 Å². The van der Waals surface area contributed by atoms with E-state index >= 15 is 0 Å². The van der Waals surface area contributed by atoms with E-state index in [4.69, 9.17) is 11.2 Å². The zero-order valence-electron chi connectivity index (χ0n) is 11.3. The van der Waals surface area contributed by atoms with Gasteiger partial charge in [-0.1, -0.05) is 24.1 Å². The zero-order chi connectivity index (χ0) is 14.4. The minimum Gasteiger partial charge on any atom is -0.481 e. The van der Waals surface area contributed by atoms with Crippen molar-refractivity contribution in [2.45, 2.75) is 6.54 Å². The molecule has 20 heavy (non-hydrogen) atoms. The average Bonchev–Trinajstić information content (AvgIpc) is 2.47. The van der Waals surface area contributed by atoms with E-state index in [2.05, 4.69) is 11.2 Å². The Labute approximate surface area is 118 Å². The van der Waals surface area contributed by atoms with Gasteiger partial charge in [0.2, 0.25) is 5.56 Å². The number of anilines is 1. The number of aryl methyl sites for hydroxylation is 1. The molecule has 0 fully saturated rings. The largest absolute Gasteiger partial charge is 0.481 e. The number of nitrogens with zero attached hydrogens (tertiary/aromatic N) is 1. The Balaban J connectivity index is 2.08. The minimum atomic E-state index is -0.0340. The molecular formula is C16H16N2O2. The van der Waals surface area contributed by atoms with E-state index in [0.29, 0.717) is 6.54 Å². The fourth-order valence-corrected chi connectivity index (χ4v) is 1.81. The fourth-order valence-electron chi connectivity index (χ4n) is 1.81. The summed E-state index contributed by atoms with van der Waals surface area (Å²) in [5, 5.41) is 3.25. The first kappa shape index (κ1) is 13.8. The molecule has 0 aliphatic heterocycles. The maximum Gasteiger partial charge on any atom is 0.250 e. The minimum absolute atomic E-state index is 0.0340. The van der Waals surface area contributed by atoms with Gasteiger partial charge < -0.3 is 14.6 Å². The molecule has 0 spiro atoms. The second kappa shape index (κ2) is 6.48. The second-order valence-electron chi connectivity index (χ2n) is 4.32. The maximum absolute atomic E-state index is 11.3. The molecule has 0 atom stereocenters. The van der Waals surface area contributed by atoms with Crippen LogP contribution < -0.4 is 15.6 Å². The van der Waals surface area contributed by atoms with Crippen LogP contribution in [0.2, 0.25) is 0 Å². The summed E-state index contributed by atoms with van der Waals surface area (Å²) >= 11 is 0. The summed E-state index contributed by atoms with van der Waals surface area (Å²) in [6, 6.07) is 11.0. The number of para-hydroxylation sites is 1. The SMILES string of the molecule is C#CCOc1ccccc1CNc1ccc(=O)n(C)c1. The van der Waals surface area contributed by atoms with Gasteiger partial charge in [0.1, 0.15) is 12.4 Å². The highest BCUT2D eigenvalue weighted by molar-refractivity contribution is 5.43. The summed E-state index contributed by atoms with van der Waals surface area (Å²) in [6.07, 6.45) is 6.96. The molecule has 0 unspecified atom stereocenters. The lowest BCUT2D eigenvalue weighted by molar-refractivity contribution is 0.366. The van der Waals surface area contributed by atoms with Crippen LogP contribution in [0.5, 0.6) is 5.75 Å². The number of benzene rings is 1. The molecule has 0 amide bonds. The van der Waals surface area contributed by atoms with Crippen LogP contribution in [0.4, 0.5) is 5.69 Å². The average molecular weight is 268 g/mol. The predicted octanol–water partition coefficient (Wildman–Crippen LogP) is 2.01. The van der Waals surface area contributed by atoms with Crippen molar-refractivity contribution in [1.82, 2.24) is 4.57 Å². The third-order valence-corrected chi connectivity index (χ3v) is 2.85. The number of rotatable bonds is 5. The van der Waals surface area contributed by atoms with Crippen LogP contribution in [0.1, 0.15) is 5.56 Å². The Kier molecular flexibility index (Phi) is 4.46. The summed E-state index contributed by atoms with van der Waals surface area (Å²) in [6.45, 7) is 0.843. The van der Waals surface area contributed by atoms with Gasteiger partial charge in [-0.15, -0.1) is 6.42 Å². The molecular weight excluding hydrogens is 252 g/mol. The fraction of sp³-hybridized carbons (Fsp3) is 0.188. The number of hydrogen-bond donors (Lipinski definition) is 1. The molecule has 1 heterocycles. The van der Waals surface area contributed by atoms with E-state index in [1.807, 2.05) is 24.3 Å². The molecule has 2 rings (SSSR count). The van der Waals surface area contributed by atoms with Gasteiger partial charge >= 0.3 is 0 Å². The first-order valence-corrected chi connectivity index (χ1v) is 6.25. The monoisotopic (exact) mass is 268 g/mol. The molecule has 0 aliphatic carbocycles. The van der Waals surface area contributed by atoms with E-state index in [9.17, 15) is 4.79 Å². The normalized spacial score (nSPS) is 9.80. The van der Waals surface area contributed by atoms with Gasteiger partial charge in [-0.2, -0.15) is 0 Å². The maximum atomic E-state index is 11.3. The highest BCUT2D eigenvalue weighted by Gasteiger charge is 2.02. The quantitative estimate of drug-likeness (QED) is 0.844. The van der Waals surface area contributed by atoms with Crippen molar-refractivity contribution >= 4 is 5.69 Å². The highest BCUT2D eigenvalue weighted by Crippen LogP contribution is 2.19. The Bertz CT molecular complexity index is 683. The standard InChI is InChI=1S/C16H16N2O2/c1-3-10-20-15-7-5-4-6-13(15)11-17-14-8-9-16(19)18(2)12-14/h1,4-9,12,17H,10-11H2,2H3. The van der Waals surface area contributed by atoms with Crippen molar-refractivity contribution in [3.63, 3.8) is 0 Å². The van der Waals surface area contributed by atoms with Crippen molar-refractivity contribution in [3.05, 3.63) is 58.5 Å². The summed E-state index contributed by atoms with van der Waals surface area (Å²) in [5.41, 5.74) is 1.85. The molecule has 1 aromatic carbocycles. The van der Waals surface area contributed by atoms with E-state index in [-0.39, 0.29) is 12.2 Å². The number of nitrogens with one attached hydrogen (secondary N) is 1. The number of hydrogen-bond acceptors (Lipinski definition) is 3. The summed E-state index contributed by atoms with van der Waals surface area (Å²) in [4.78, 5) is 11.3. The molecule has 0 saturated carbocycles. The van der Waals surface area contributed by atoms with Crippen LogP contribution >= 0.6 is 0 Å². The number of aromatic nitrogens is 1. The second-order valence-corrected chi connectivity index (χ2v) is 4.32. The summed E-state index contributed by atoms with van der Waals surface area (Å²) in [7, 11) is 1.72. The molecule has 0 aliphatic rings. The van der Waals surface area contributed by atoms with Crippen LogP contribution in [0.25, 0.3) is 0 Å². The Morgan fingerprint density at radius 2 is 2.10 bits per heavy atom. The van der Waals surface area contributed by atoms with Gasteiger partial charge in [-0.25, -0.2) is 0 Å². The van der Waals surface area contributed by atoms with Crippen molar-refractivity contribution in [2.75, 3.05) is 11.9 Å². The molecule has 4 nitrogen and oxygen atoms in total. The van der Waals surface area contributed by atoms with Gasteiger partial charge in [-0.05, 0) is 12.1 Å². The molecule has 2 aromatic rings. The van der Waals surface area contributed by atoms with E-state index in [1.165, 1.54) is 10.6 Å². The van der Waals surface area contributed by atoms with Gasteiger partial charge in [0.25, 0.3) is 0 Å². The van der Waals surface area contributed by atoms with Crippen molar-refractivity contribution in [2.24, 2.45) is 7.05 Å². The van der Waals surface area contributed by atoms with Gasteiger partial charge in [0.05, 0.1) is 5.69 Å². The van der Waals surface area contributed by atoms with Crippen LogP contribution in [0.15, 0.2) is 47.4 Å². The Morgan fingerprint density at radius 1 is 1.30 bits per heavy atom. The van der Waals surface area contributed by atoms with Gasteiger partial charge in [0, 0.05) is 31.4 Å². The van der Waals surface area contributed by atoms with Crippen molar-refractivity contribution in [1.29, 1.82) is 0 Å². The van der Waals surface area contributed by atoms with E-state index in [0.717, 1.165) is 17.0 Å². The topological polar surface area (TPSA) is 43.3 Å². The third-order valence-electron chi connectivity index (χ3n) is 2.85. The number of terminal acetylenes is 1. The molecule has 0 radical (unpaired) electrons. The lowest BCUT2D eigenvalue weighted by Gasteiger charge is -2.11. The molecule has 1 aromatic heterocycles. The molecule has 0 bridgehead atoms. The zero-order valence-corrected chi connectivity index (χ0v) is 11.3. The molecule has 4 heteroatoms. The predicted molar refractivity (Wildman–Crippen MR) is 79.8 cm³/mol. The molecule has 102 valence electrons. The van der Waals surface area contributed by atoms with Crippen LogP contribution in [-0.2, 0) is 13.6 Å². The van der Waals surface area contributed by atoms with Crippen molar-refractivity contribution in [3.8, 4) is 18.1 Å². The van der Waals surface area contributed by atoms with Gasteiger partial charge in [0.15, 0.2) is 0 Å².